The average Bonchev–Trinajstić information content (AvgIpc) is 3.05. The molecular formula is C23H26N4O3. The molecule has 156 valence electrons. The van der Waals surface area contributed by atoms with Crippen LogP contribution in [0.15, 0.2) is 42.5 Å². The number of benzene rings is 2. The van der Waals surface area contributed by atoms with Crippen molar-refractivity contribution in [3.05, 3.63) is 64.7 Å². The molecule has 7 nitrogen and oxygen atoms in total. The van der Waals surface area contributed by atoms with Gasteiger partial charge in [-0.15, -0.1) is 0 Å². The Labute approximate surface area is 175 Å². The standard InChI is InChI=1S/C23H26N4O3/c1-2-25-18-7-4-15(5-8-18)12-24-13-16-3-6-17-14-27(23(30)19(17)11-16)20-9-10-21(28)26-22(20)29/h3-8,11,20,24-25H,2,9-10,12-14H2,1H3,(H,26,28,29). The number of hydrogen-bond donors (Lipinski definition) is 3. The Morgan fingerprint density at radius 1 is 1.03 bits per heavy atom. The van der Waals surface area contributed by atoms with Crippen molar-refractivity contribution in [3.63, 3.8) is 0 Å². The van der Waals surface area contributed by atoms with E-state index < -0.39 is 6.04 Å². The van der Waals surface area contributed by atoms with Gasteiger partial charge in [0.25, 0.3) is 5.91 Å². The first kappa shape index (κ1) is 20.1. The Morgan fingerprint density at radius 2 is 1.77 bits per heavy atom. The quantitative estimate of drug-likeness (QED) is 0.613. The average molecular weight is 406 g/mol. The molecule has 2 aromatic carbocycles. The zero-order valence-electron chi connectivity index (χ0n) is 17.0. The predicted octanol–water partition coefficient (Wildman–Crippen LogP) is 2.17. The van der Waals surface area contributed by atoms with Gasteiger partial charge >= 0.3 is 0 Å². The highest BCUT2D eigenvalue weighted by Gasteiger charge is 2.39. The molecule has 0 radical (unpaired) electrons. The molecular weight excluding hydrogens is 380 g/mol. The lowest BCUT2D eigenvalue weighted by atomic mass is 10.0. The number of carbonyl (C=O) groups excluding carboxylic acids is 3. The van der Waals surface area contributed by atoms with Crippen molar-refractivity contribution < 1.29 is 14.4 Å². The van der Waals surface area contributed by atoms with Crippen molar-refractivity contribution in [2.75, 3.05) is 11.9 Å². The lowest BCUT2D eigenvalue weighted by Gasteiger charge is -2.29. The molecule has 4 rings (SSSR count). The van der Waals surface area contributed by atoms with Gasteiger partial charge in [0.2, 0.25) is 11.8 Å². The molecule has 1 saturated heterocycles. The summed E-state index contributed by atoms with van der Waals surface area (Å²) in [7, 11) is 0. The summed E-state index contributed by atoms with van der Waals surface area (Å²) in [5.74, 6) is -0.792. The van der Waals surface area contributed by atoms with E-state index in [9.17, 15) is 14.4 Å². The Kier molecular flexibility index (Phi) is 5.81. The molecule has 2 aliphatic heterocycles. The maximum absolute atomic E-state index is 12.9. The summed E-state index contributed by atoms with van der Waals surface area (Å²) in [6.07, 6.45) is 0.645. The minimum Gasteiger partial charge on any atom is -0.385 e. The van der Waals surface area contributed by atoms with Crippen LogP contribution in [-0.4, -0.2) is 35.2 Å². The zero-order chi connectivity index (χ0) is 21.1. The van der Waals surface area contributed by atoms with E-state index in [1.807, 2.05) is 18.2 Å². The molecule has 7 heteroatoms. The topological polar surface area (TPSA) is 90.5 Å². The minimum absolute atomic E-state index is 0.139. The van der Waals surface area contributed by atoms with Gasteiger partial charge in [0, 0.05) is 43.9 Å². The molecule has 30 heavy (non-hydrogen) atoms. The van der Waals surface area contributed by atoms with E-state index in [-0.39, 0.29) is 24.1 Å². The van der Waals surface area contributed by atoms with Gasteiger partial charge in [0.05, 0.1) is 0 Å². The molecule has 1 unspecified atom stereocenters. The van der Waals surface area contributed by atoms with Crippen LogP contribution in [0.4, 0.5) is 5.69 Å². The number of rotatable bonds is 7. The van der Waals surface area contributed by atoms with E-state index in [1.54, 1.807) is 4.90 Å². The van der Waals surface area contributed by atoms with E-state index in [1.165, 1.54) is 5.56 Å². The number of hydrogen-bond acceptors (Lipinski definition) is 5. The van der Waals surface area contributed by atoms with Crippen LogP contribution in [-0.2, 0) is 29.2 Å². The summed E-state index contributed by atoms with van der Waals surface area (Å²) >= 11 is 0. The van der Waals surface area contributed by atoms with Gasteiger partial charge in [0.1, 0.15) is 6.04 Å². The molecule has 3 amide bonds. The fourth-order valence-electron chi connectivity index (χ4n) is 4.01. The molecule has 0 aliphatic carbocycles. The maximum Gasteiger partial charge on any atom is 0.255 e. The van der Waals surface area contributed by atoms with Gasteiger partial charge in [-0.2, -0.15) is 0 Å². The summed E-state index contributed by atoms with van der Waals surface area (Å²) in [6, 6.07) is 13.6. The van der Waals surface area contributed by atoms with Crippen LogP contribution in [0.3, 0.4) is 0 Å². The van der Waals surface area contributed by atoms with Gasteiger partial charge in [-0.05, 0) is 48.2 Å². The second-order valence-electron chi connectivity index (χ2n) is 7.72. The Hall–Kier alpha value is -3.19. The molecule has 0 spiro atoms. The number of carbonyl (C=O) groups is 3. The first-order chi connectivity index (χ1) is 14.5. The van der Waals surface area contributed by atoms with E-state index in [4.69, 9.17) is 0 Å². The summed E-state index contributed by atoms with van der Waals surface area (Å²) in [6.45, 7) is 4.76. The van der Waals surface area contributed by atoms with E-state index in [0.29, 0.717) is 25.1 Å². The van der Waals surface area contributed by atoms with Crippen LogP contribution in [0.25, 0.3) is 0 Å². The van der Waals surface area contributed by atoms with Crippen molar-refractivity contribution >= 4 is 23.4 Å². The van der Waals surface area contributed by atoms with Gasteiger partial charge in [0.15, 0.2) is 0 Å². The third kappa shape index (κ3) is 4.21. The molecule has 2 aliphatic rings. The number of fused-ring (bicyclic) bond motifs is 1. The Morgan fingerprint density at radius 3 is 2.50 bits per heavy atom. The minimum atomic E-state index is -0.575. The number of nitrogens with one attached hydrogen (secondary N) is 3. The maximum atomic E-state index is 12.9. The summed E-state index contributed by atoms with van der Waals surface area (Å²) < 4.78 is 0. The van der Waals surface area contributed by atoms with Gasteiger partial charge in [-0.25, -0.2) is 0 Å². The van der Waals surface area contributed by atoms with Crippen LogP contribution in [0.5, 0.6) is 0 Å². The molecule has 0 saturated carbocycles. The third-order valence-electron chi connectivity index (χ3n) is 5.59. The number of imide groups is 1. The fraction of sp³-hybridized carbons (Fsp3) is 0.348. The van der Waals surface area contributed by atoms with Crippen molar-refractivity contribution in [2.45, 2.75) is 45.4 Å². The van der Waals surface area contributed by atoms with Crippen LogP contribution >= 0.6 is 0 Å². The van der Waals surface area contributed by atoms with Crippen molar-refractivity contribution in [1.82, 2.24) is 15.5 Å². The van der Waals surface area contributed by atoms with Crippen LogP contribution in [0.1, 0.15) is 46.8 Å². The van der Waals surface area contributed by atoms with E-state index in [0.717, 1.165) is 29.9 Å². The predicted molar refractivity (Wildman–Crippen MR) is 114 cm³/mol. The normalized spacial score (nSPS) is 18.4. The Bertz CT molecular complexity index is 971. The molecule has 2 heterocycles. The first-order valence-electron chi connectivity index (χ1n) is 10.3. The first-order valence-corrected chi connectivity index (χ1v) is 10.3. The van der Waals surface area contributed by atoms with Crippen molar-refractivity contribution in [2.24, 2.45) is 0 Å². The fourth-order valence-corrected chi connectivity index (χ4v) is 4.01. The number of piperidine rings is 1. The lowest BCUT2D eigenvalue weighted by Crippen LogP contribution is -2.52. The third-order valence-corrected chi connectivity index (χ3v) is 5.59. The molecule has 3 N–H and O–H groups in total. The highest BCUT2D eigenvalue weighted by Crippen LogP contribution is 2.28. The second kappa shape index (κ2) is 8.67. The monoisotopic (exact) mass is 406 g/mol. The number of anilines is 1. The van der Waals surface area contributed by atoms with Crippen LogP contribution in [0, 0.1) is 0 Å². The largest absolute Gasteiger partial charge is 0.385 e. The van der Waals surface area contributed by atoms with Crippen LogP contribution < -0.4 is 16.0 Å². The van der Waals surface area contributed by atoms with Crippen molar-refractivity contribution in [3.8, 4) is 0 Å². The summed E-state index contributed by atoms with van der Waals surface area (Å²) in [5.41, 5.74) is 4.90. The SMILES string of the molecule is CCNc1ccc(CNCc2ccc3c(c2)C(=O)N(C2CCC(=O)NC2=O)C3)cc1. The summed E-state index contributed by atoms with van der Waals surface area (Å²) in [5, 5.41) is 9.03. The molecule has 1 fully saturated rings. The number of amides is 3. The van der Waals surface area contributed by atoms with Gasteiger partial charge in [-0.1, -0.05) is 24.3 Å². The number of nitrogens with zero attached hydrogens (tertiary/aromatic N) is 1. The molecule has 0 bridgehead atoms. The molecule has 0 aromatic heterocycles. The lowest BCUT2D eigenvalue weighted by molar-refractivity contribution is -0.136. The van der Waals surface area contributed by atoms with E-state index >= 15 is 0 Å². The second-order valence-corrected chi connectivity index (χ2v) is 7.72. The zero-order valence-corrected chi connectivity index (χ0v) is 17.0. The molecule has 1 atom stereocenters. The Balaban J connectivity index is 1.36. The smallest absolute Gasteiger partial charge is 0.255 e. The van der Waals surface area contributed by atoms with Gasteiger partial charge in [-0.3, -0.25) is 19.7 Å². The van der Waals surface area contributed by atoms with Crippen molar-refractivity contribution in [1.29, 1.82) is 0 Å². The highest BCUT2D eigenvalue weighted by molar-refractivity contribution is 6.05. The molecule has 2 aromatic rings. The van der Waals surface area contributed by atoms with E-state index in [2.05, 4.69) is 47.1 Å². The summed E-state index contributed by atoms with van der Waals surface area (Å²) in [4.78, 5) is 38.0. The van der Waals surface area contributed by atoms with Crippen LogP contribution in [0.2, 0.25) is 0 Å². The van der Waals surface area contributed by atoms with Gasteiger partial charge < -0.3 is 15.5 Å². The highest BCUT2D eigenvalue weighted by atomic mass is 16.2.